The van der Waals surface area contributed by atoms with Crippen molar-refractivity contribution in [2.75, 3.05) is 11.4 Å². The Balaban J connectivity index is 2.43. The van der Waals surface area contributed by atoms with Gasteiger partial charge in [-0.05, 0) is 19.3 Å². The molecule has 2 rings (SSSR count). The molecule has 0 aliphatic carbocycles. The highest BCUT2D eigenvalue weighted by Gasteiger charge is 2.36. The highest BCUT2D eigenvalue weighted by atomic mass is 19.4. The number of carboxylic acids is 1. The van der Waals surface area contributed by atoms with Gasteiger partial charge in [0.05, 0.1) is 0 Å². The Bertz CT molecular complexity index is 570. The van der Waals surface area contributed by atoms with Gasteiger partial charge in [-0.3, -0.25) is 9.78 Å². The van der Waals surface area contributed by atoms with E-state index >= 15 is 0 Å². The summed E-state index contributed by atoms with van der Waals surface area (Å²) < 4.78 is 37.9. The first-order chi connectivity index (χ1) is 9.29. The third kappa shape index (κ3) is 2.91. The molecular weight excluding hydrogens is 279 g/mol. The second-order valence-corrected chi connectivity index (χ2v) is 4.50. The van der Waals surface area contributed by atoms with Gasteiger partial charge in [0.2, 0.25) is 5.95 Å². The SMILES string of the molecule is O=C(O)C1CCCCN1c1nc(C(F)(F)F)cc(=O)[nH]1. The molecular formula is C11H12F3N3O3. The van der Waals surface area contributed by atoms with Crippen molar-refractivity contribution in [3.05, 3.63) is 22.1 Å². The van der Waals surface area contributed by atoms with Crippen LogP contribution >= 0.6 is 0 Å². The van der Waals surface area contributed by atoms with Gasteiger partial charge in [-0.25, -0.2) is 9.78 Å². The van der Waals surface area contributed by atoms with Crippen LogP contribution in [0, 0.1) is 0 Å². The van der Waals surface area contributed by atoms with Crippen LogP contribution in [0.2, 0.25) is 0 Å². The monoisotopic (exact) mass is 291 g/mol. The summed E-state index contributed by atoms with van der Waals surface area (Å²) in [5.74, 6) is -1.50. The Hall–Kier alpha value is -2.06. The van der Waals surface area contributed by atoms with Gasteiger partial charge in [0.1, 0.15) is 6.04 Å². The number of carbonyl (C=O) groups is 1. The first-order valence-corrected chi connectivity index (χ1v) is 5.97. The summed E-state index contributed by atoms with van der Waals surface area (Å²) in [5.41, 5.74) is -2.29. The number of nitrogens with one attached hydrogen (secondary N) is 1. The number of piperidine rings is 1. The predicted octanol–water partition coefficient (Wildman–Crippen LogP) is 1.23. The van der Waals surface area contributed by atoms with Crippen molar-refractivity contribution in [3.8, 4) is 0 Å². The van der Waals surface area contributed by atoms with Gasteiger partial charge in [-0.15, -0.1) is 0 Å². The average Bonchev–Trinajstić information content (AvgIpc) is 2.37. The first kappa shape index (κ1) is 14.4. The highest BCUT2D eigenvalue weighted by molar-refractivity contribution is 5.77. The Kier molecular flexibility index (Phi) is 3.69. The van der Waals surface area contributed by atoms with Gasteiger partial charge >= 0.3 is 12.1 Å². The number of aromatic amines is 1. The van der Waals surface area contributed by atoms with Crippen molar-refractivity contribution in [2.24, 2.45) is 0 Å². The van der Waals surface area contributed by atoms with Gasteiger partial charge in [0, 0.05) is 12.6 Å². The molecule has 1 aromatic rings. The fourth-order valence-corrected chi connectivity index (χ4v) is 2.17. The molecule has 2 heterocycles. The minimum atomic E-state index is -4.75. The van der Waals surface area contributed by atoms with E-state index in [0.717, 1.165) is 0 Å². The number of halogens is 3. The van der Waals surface area contributed by atoms with Crippen LogP contribution in [0.1, 0.15) is 25.0 Å². The van der Waals surface area contributed by atoms with E-state index in [1.807, 2.05) is 0 Å². The molecule has 20 heavy (non-hydrogen) atoms. The van der Waals surface area contributed by atoms with Crippen molar-refractivity contribution >= 4 is 11.9 Å². The highest BCUT2D eigenvalue weighted by Crippen LogP contribution is 2.28. The minimum Gasteiger partial charge on any atom is -0.480 e. The van der Waals surface area contributed by atoms with E-state index in [4.69, 9.17) is 5.11 Å². The van der Waals surface area contributed by atoms with E-state index in [9.17, 15) is 22.8 Å². The summed E-state index contributed by atoms with van der Waals surface area (Å²) in [6.07, 6.45) is -3.16. The number of aliphatic carboxylic acids is 1. The first-order valence-electron chi connectivity index (χ1n) is 5.97. The maximum atomic E-state index is 12.6. The van der Waals surface area contributed by atoms with E-state index in [0.29, 0.717) is 25.3 Å². The molecule has 1 aromatic heterocycles. The quantitative estimate of drug-likeness (QED) is 0.856. The second kappa shape index (κ2) is 5.14. The third-order valence-electron chi connectivity index (χ3n) is 3.08. The number of carboxylic acid groups (broad SMARTS) is 1. The summed E-state index contributed by atoms with van der Waals surface area (Å²) >= 11 is 0. The zero-order chi connectivity index (χ0) is 14.9. The summed E-state index contributed by atoms with van der Waals surface area (Å²) in [6.45, 7) is 0.237. The fourth-order valence-electron chi connectivity index (χ4n) is 2.17. The Morgan fingerprint density at radius 2 is 2.15 bits per heavy atom. The molecule has 9 heteroatoms. The van der Waals surface area contributed by atoms with Crippen molar-refractivity contribution in [3.63, 3.8) is 0 Å². The van der Waals surface area contributed by atoms with E-state index in [-0.39, 0.29) is 12.5 Å². The maximum Gasteiger partial charge on any atom is 0.433 e. The molecule has 0 amide bonds. The lowest BCUT2D eigenvalue weighted by Gasteiger charge is -2.33. The van der Waals surface area contributed by atoms with Gasteiger partial charge in [-0.2, -0.15) is 13.2 Å². The van der Waals surface area contributed by atoms with Crippen molar-refractivity contribution in [1.82, 2.24) is 9.97 Å². The molecule has 1 fully saturated rings. The largest absolute Gasteiger partial charge is 0.480 e. The summed E-state index contributed by atoms with van der Waals surface area (Å²) in [4.78, 5) is 29.1. The molecule has 0 spiro atoms. The predicted molar refractivity (Wildman–Crippen MR) is 62.5 cm³/mol. The van der Waals surface area contributed by atoms with Crippen LogP contribution in [0.3, 0.4) is 0 Å². The molecule has 110 valence electrons. The van der Waals surface area contributed by atoms with Crippen LogP contribution in [0.15, 0.2) is 10.9 Å². The van der Waals surface area contributed by atoms with E-state index < -0.39 is 29.4 Å². The number of nitrogens with zero attached hydrogens (tertiary/aromatic N) is 2. The molecule has 2 N–H and O–H groups in total. The Morgan fingerprint density at radius 3 is 2.75 bits per heavy atom. The zero-order valence-electron chi connectivity index (χ0n) is 10.3. The summed E-state index contributed by atoms with van der Waals surface area (Å²) in [7, 11) is 0. The maximum absolute atomic E-state index is 12.6. The lowest BCUT2D eigenvalue weighted by atomic mass is 10.0. The number of anilines is 1. The lowest BCUT2D eigenvalue weighted by molar-refractivity contribution is -0.141. The Morgan fingerprint density at radius 1 is 1.45 bits per heavy atom. The lowest BCUT2D eigenvalue weighted by Crippen LogP contribution is -2.46. The van der Waals surface area contributed by atoms with Crippen molar-refractivity contribution < 1.29 is 23.1 Å². The number of hydrogen-bond donors (Lipinski definition) is 2. The molecule has 1 unspecified atom stereocenters. The van der Waals surface area contributed by atoms with Gasteiger partial charge in [-0.1, -0.05) is 0 Å². The molecule has 1 atom stereocenters. The van der Waals surface area contributed by atoms with Crippen LogP contribution in [0.5, 0.6) is 0 Å². The van der Waals surface area contributed by atoms with Crippen LogP contribution < -0.4 is 10.5 Å². The second-order valence-electron chi connectivity index (χ2n) is 4.50. The average molecular weight is 291 g/mol. The van der Waals surface area contributed by atoms with E-state index in [1.54, 1.807) is 0 Å². The van der Waals surface area contributed by atoms with Gasteiger partial charge in [0.15, 0.2) is 5.69 Å². The minimum absolute atomic E-state index is 0.237. The smallest absolute Gasteiger partial charge is 0.433 e. The van der Waals surface area contributed by atoms with Crippen molar-refractivity contribution in [1.29, 1.82) is 0 Å². The normalized spacial score (nSPS) is 19.9. The van der Waals surface area contributed by atoms with Crippen LogP contribution in [0.4, 0.5) is 19.1 Å². The van der Waals surface area contributed by atoms with Crippen LogP contribution in [0.25, 0.3) is 0 Å². The topological polar surface area (TPSA) is 86.3 Å². The number of aromatic nitrogens is 2. The molecule has 6 nitrogen and oxygen atoms in total. The van der Waals surface area contributed by atoms with Crippen LogP contribution in [-0.2, 0) is 11.0 Å². The van der Waals surface area contributed by atoms with Crippen molar-refractivity contribution in [2.45, 2.75) is 31.5 Å². The van der Waals surface area contributed by atoms with E-state index in [2.05, 4.69) is 9.97 Å². The molecule has 0 saturated carbocycles. The van der Waals surface area contributed by atoms with Crippen LogP contribution in [-0.4, -0.2) is 33.6 Å². The third-order valence-corrected chi connectivity index (χ3v) is 3.08. The molecule has 0 radical (unpaired) electrons. The number of rotatable bonds is 2. The fraction of sp³-hybridized carbons (Fsp3) is 0.545. The standard InChI is InChI=1S/C11H12F3N3O3/c12-11(13,14)7-5-8(18)16-10(15-7)17-4-2-1-3-6(17)9(19)20/h5-6H,1-4H2,(H,19,20)(H,15,16,18). The van der Waals surface area contributed by atoms with E-state index in [1.165, 1.54) is 4.90 Å². The molecule has 1 aliphatic rings. The molecule has 0 aromatic carbocycles. The molecule has 1 aliphatic heterocycles. The Labute approximate surface area is 111 Å². The zero-order valence-corrected chi connectivity index (χ0v) is 10.3. The number of H-pyrrole nitrogens is 1. The van der Waals surface area contributed by atoms with Gasteiger partial charge < -0.3 is 10.0 Å². The summed E-state index contributed by atoms with van der Waals surface area (Å²) in [6, 6.07) is -0.626. The molecule has 0 bridgehead atoms. The summed E-state index contributed by atoms with van der Waals surface area (Å²) in [5, 5.41) is 9.08. The number of alkyl halides is 3. The number of hydrogen-bond acceptors (Lipinski definition) is 4. The van der Waals surface area contributed by atoms with Gasteiger partial charge in [0.25, 0.3) is 5.56 Å². The molecule has 1 saturated heterocycles.